The molecule has 1 amide bonds. The van der Waals surface area contributed by atoms with E-state index in [1.165, 1.54) is 18.5 Å². The molecule has 0 aliphatic heterocycles. The first-order chi connectivity index (χ1) is 10.4. The van der Waals surface area contributed by atoms with E-state index in [0.29, 0.717) is 11.3 Å². The zero-order valence-corrected chi connectivity index (χ0v) is 11.0. The standard InChI is InChI=1S/C14H9F3N4O/c15-14(16,17)10-4-1-3-9(7-10)13(22)19-11-5-2-6-21-8-18-20-12(11)21/h1-8H,(H,19,22). The summed E-state index contributed by atoms with van der Waals surface area (Å²) >= 11 is 0. The zero-order valence-electron chi connectivity index (χ0n) is 11.0. The molecule has 3 aromatic rings. The first-order valence-electron chi connectivity index (χ1n) is 6.22. The third kappa shape index (κ3) is 2.62. The topological polar surface area (TPSA) is 59.3 Å². The molecule has 0 fully saturated rings. The monoisotopic (exact) mass is 306 g/mol. The van der Waals surface area contributed by atoms with Crippen molar-refractivity contribution in [3.8, 4) is 0 Å². The predicted octanol–water partition coefficient (Wildman–Crippen LogP) is 3.00. The molecule has 2 aromatic heterocycles. The van der Waals surface area contributed by atoms with E-state index in [4.69, 9.17) is 0 Å². The Labute approximate surface area is 122 Å². The highest BCUT2D eigenvalue weighted by atomic mass is 19.4. The number of nitrogens with zero attached hydrogens (tertiary/aromatic N) is 3. The van der Waals surface area contributed by atoms with Crippen LogP contribution in [-0.4, -0.2) is 20.5 Å². The van der Waals surface area contributed by atoms with Crippen LogP contribution in [0.4, 0.5) is 18.9 Å². The van der Waals surface area contributed by atoms with E-state index >= 15 is 0 Å². The Bertz CT molecular complexity index is 841. The SMILES string of the molecule is O=C(Nc1cccn2cnnc12)c1cccc(C(F)(F)F)c1. The van der Waals surface area contributed by atoms with Crippen LogP contribution < -0.4 is 5.32 Å². The summed E-state index contributed by atoms with van der Waals surface area (Å²) in [6, 6.07) is 7.48. The number of rotatable bonds is 2. The summed E-state index contributed by atoms with van der Waals surface area (Å²) in [5, 5.41) is 10.1. The summed E-state index contributed by atoms with van der Waals surface area (Å²) in [4.78, 5) is 12.1. The van der Waals surface area contributed by atoms with Gasteiger partial charge in [-0.15, -0.1) is 10.2 Å². The van der Waals surface area contributed by atoms with E-state index in [9.17, 15) is 18.0 Å². The average molecular weight is 306 g/mol. The minimum Gasteiger partial charge on any atom is -0.319 e. The second kappa shape index (κ2) is 5.14. The summed E-state index contributed by atoms with van der Waals surface area (Å²) in [5.74, 6) is -0.651. The van der Waals surface area contributed by atoms with Gasteiger partial charge in [-0.05, 0) is 30.3 Å². The molecule has 0 aliphatic rings. The van der Waals surface area contributed by atoms with Gasteiger partial charge in [-0.1, -0.05) is 6.07 Å². The largest absolute Gasteiger partial charge is 0.416 e. The molecule has 0 aliphatic carbocycles. The minimum atomic E-state index is -4.50. The van der Waals surface area contributed by atoms with Gasteiger partial charge in [0.2, 0.25) is 0 Å². The van der Waals surface area contributed by atoms with Gasteiger partial charge >= 0.3 is 6.18 Å². The predicted molar refractivity (Wildman–Crippen MR) is 72.4 cm³/mol. The number of fused-ring (bicyclic) bond motifs is 1. The van der Waals surface area contributed by atoms with Gasteiger partial charge in [-0.3, -0.25) is 9.20 Å². The molecular weight excluding hydrogens is 297 g/mol. The maximum Gasteiger partial charge on any atom is 0.416 e. The number of pyridine rings is 1. The second-order valence-electron chi connectivity index (χ2n) is 4.52. The fourth-order valence-electron chi connectivity index (χ4n) is 1.98. The van der Waals surface area contributed by atoms with Crippen LogP contribution in [0.25, 0.3) is 5.65 Å². The van der Waals surface area contributed by atoms with Crippen LogP contribution >= 0.6 is 0 Å². The van der Waals surface area contributed by atoms with Crippen molar-refractivity contribution in [2.45, 2.75) is 6.18 Å². The van der Waals surface area contributed by atoms with Crippen molar-refractivity contribution in [2.75, 3.05) is 5.32 Å². The molecule has 0 saturated carbocycles. The lowest BCUT2D eigenvalue weighted by atomic mass is 10.1. The summed E-state index contributed by atoms with van der Waals surface area (Å²) in [6.07, 6.45) is -1.35. The lowest BCUT2D eigenvalue weighted by molar-refractivity contribution is -0.137. The van der Waals surface area contributed by atoms with E-state index in [1.807, 2.05) is 0 Å². The molecule has 112 valence electrons. The van der Waals surface area contributed by atoms with Crippen LogP contribution in [0.1, 0.15) is 15.9 Å². The van der Waals surface area contributed by atoms with E-state index in [2.05, 4.69) is 15.5 Å². The zero-order chi connectivity index (χ0) is 15.7. The molecule has 5 nitrogen and oxygen atoms in total. The van der Waals surface area contributed by atoms with Crippen LogP contribution in [0, 0.1) is 0 Å². The summed E-state index contributed by atoms with van der Waals surface area (Å²) in [7, 11) is 0. The third-order valence-electron chi connectivity index (χ3n) is 3.02. The number of nitrogens with one attached hydrogen (secondary N) is 1. The van der Waals surface area contributed by atoms with Crippen molar-refractivity contribution in [1.29, 1.82) is 0 Å². The first kappa shape index (κ1) is 14.1. The van der Waals surface area contributed by atoms with Crippen molar-refractivity contribution in [1.82, 2.24) is 14.6 Å². The molecule has 2 heterocycles. The van der Waals surface area contributed by atoms with Gasteiger partial charge in [0.15, 0.2) is 5.65 Å². The number of benzene rings is 1. The van der Waals surface area contributed by atoms with Crippen LogP contribution in [0.2, 0.25) is 0 Å². The van der Waals surface area contributed by atoms with Crippen molar-refractivity contribution >= 4 is 17.2 Å². The normalized spacial score (nSPS) is 11.6. The second-order valence-corrected chi connectivity index (χ2v) is 4.52. The molecule has 0 saturated heterocycles. The number of amides is 1. The highest BCUT2D eigenvalue weighted by Gasteiger charge is 2.30. The Hall–Kier alpha value is -2.90. The fourth-order valence-corrected chi connectivity index (χ4v) is 1.98. The third-order valence-corrected chi connectivity index (χ3v) is 3.02. The van der Waals surface area contributed by atoms with Crippen molar-refractivity contribution in [2.24, 2.45) is 0 Å². The van der Waals surface area contributed by atoms with Crippen molar-refractivity contribution < 1.29 is 18.0 Å². The van der Waals surface area contributed by atoms with E-state index in [1.54, 1.807) is 22.7 Å². The van der Waals surface area contributed by atoms with Crippen LogP contribution in [0.15, 0.2) is 48.9 Å². The lowest BCUT2D eigenvalue weighted by Gasteiger charge is -2.09. The fraction of sp³-hybridized carbons (Fsp3) is 0.0714. The average Bonchev–Trinajstić information content (AvgIpc) is 2.96. The van der Waals surface area contributed by atoms with Gasteiger partial charge in [0.05, 0.1) is 11.3 Å². The maximum atomic E-state index is 12.7. The van der Waals surface area contributed by atoms with E-state index in [-0.39, 0.29) is 5.56 Å². The van der Waals surface area contributed by atoms with Crippen LogP contribution in [0.5, 0.6) is 0 Å². The minimum absolute atomic E-state index is 0.0867. The van der Waals surface area contributed by atoms with Gasteiger partial charge in [0.1, 0.15) is 6.33 Å². The Morgan fingerprint density at radius 2 is 2.00 bits per heavy atom. The number of alkyl halides is 3. The van der Waals surface area contributed by atoms with Gasteiger partial charge < -0.3 is 5.32 Å². The number of halogens is 3. The number of hydrogen-bond acceptors (Lipinski definition) is 3. The highest BCUT2D eigenvalue weighted by Crippen LogP contribution is 2.29. The molecule has 0 radical (unpaired) electrons. The van der Waals surface area contributed by atoms with Crippen LogP contribution in [-0.2, 0) is 6.18 Å². The lowest BCUT2D eigenvalue weighted by Crippen LogP contribution is -2.14. The quantitative estimate of drug-likeness (QED) is 0.792. The summed E-state index contributed by atoms with van der Waals surface area (Å²) in [5.41, 5.74) is -0.192. The Balaban J connectivity index is 1.90. The number of carbonyl (C=O) groups excluding carboxylic acids is 1. The Morgan fingerprint density at radius 1 is 1.18 bits per heavy atom. The Kier molecular flexibility index (Phi) is 3.28. The summed E-state index contributed by atoms with van der Waals surface area (Å²) < 4.78 is 39.6. The molecule has 0 bridgehead atoms. The van der Waals surface area contributed by atoms with Gasteiger partial charge in [0.25, 0.3) is 5.91 Å². The number of anilines is 1. The molecule has 0 unspecified atom stereocenters. The molecular formula is C14H9F3N4O. The van der Waals surface area contributed by atoms with E-state index in [0.717, 1.165) is 12.1 Å². The molecule has 8 heteroatoms. The molecule has 0 spiro atoms. The van der Waals surface area contributed by atoms with Gasteiger partial charge in [-0.25, -0.2) is 0 Å². The molecule has 1 aromatic carbocycles. The van der Waals surface area contributed by atoms with Gasteiger partial charge in [-0.2, -0.15) is 13.2 Å². The molecule has 22 heavy (non-hydrogen) atoms. The van der Waals surface area contributed by atoms with Gasteiger partial charge in [0, 0.05) is 11.8 Å². The first-order valence-corrected chi connectivity index (χ1v) is 6.22. The number of carbonyl (C=O) groups is 1. The smallest absolute Gasteiger partial charge is 0.319 e. The summed E-state index contributed by atoms with van der Waals surface area (Å²) in [6.45, 7) is 0. The molecule has 3 rings (SSSR count). The van der Waals surface area contributed by atoms with Crippen molar-refractivity contribution in [3.05, 3.63) is 60.0 Å². The van der Waals surface area contributed by atoms with Crippen LogP contribution in [0.3, 0.4) is 0 Å². The maximum absolute atomic E-state index is 12.7. The molecule has 0 atom stereocenters. The molecule has 1 N–H and O–H groups in total. The highest BCUT2D eigenvalue weighted by molar-refractivity contribution is 6.06. The number of aromatic nitrogens is 3. The van der Waals surface area contributed by atoms with Crippen molar-refractivity contribution in [3.63, 3.8) is 0 Å². The number of hydrogen-bond donors (Lipinski definition) is 1. The van der Waals surface area contributed by atoms with E-state index < -0.39 is 17.6 Å². The Morgan fingerprint density at radius 3 is 2.77 bits per heavy atom.